The van der Waals surface area contributed by atoms with Gasteiger partial charge in [0, 0.05) is 0 Å². The van der Waals surface area contributed by atoms with Gasteiger partial charge >= 0.3 is 58.3 Å². The van der Waals surface area contributed by atoms with Crippen LogP contribution in [0, 0.1) is 0 Å². The van der Waals surface area contributed by atoms with Crippen molar-refractivity contribution in [2.45, 2.75) is 0 Å². The average molecular weight is 252 g/mol. The zero-order chi connectivity index (χ0) is 10.9. The first-order valence-electron chi connectivity index (χ1n) is 1.69. The molecule has 0 amide bonds. The molecule has 0 nitrogen and oxygen atoms in total. The van der Waals surface area contributed by atoms with Gasteiger partial charge in [-0.05, 0) is 0 Å². The zero-order valence-corrected chi connectivity index (χ0v) is 6.46. The van der Waals surface area contributed by atoms with Crippen LogP contribution in [-0.2, 0) is 0 Å². The van der Waals surface area contributed by atoms with Crippen LogP contribution in [0.2, 0.25) is 0 Å². The van der Waals surface area contributed by atoms with E-state index in [0.29, 0.717) is 0 Å². The predicted octanol–water partition coefficient (Wildman–Crippen LogP) is 5.92. The van der Waals surface area contributed by atoms with Gasteiger partial charge in [0.15, 0.2) is 0 Å². The fourth-order valence-electron chi connectivity index (χ4n) is 0. The summed E-state index contributed by atoms with van der Waals surface area (Å²) in [4.78, 5) is 0. The van der Waals surface area contributed by atoms with Crippen molar-refractivity contribution in [1.82, 2.24) is 0 Å². The first-order valence-corrected chi connectivity index (χ1v) is 5.07. The molecule has 0 unspecified atom stereocenters. The SMILES string of the molecule is FP(F)(F)(F)F.FP(F)(F)(F)F. The Labute approximate surface area is 59.6 Å². The van der Waals surface area contributed by atoms with Crippen LogP contribution in [0.3, 0.4) is 0 Å². The van der Waals surface area contributed by atoms with Gasteiger partial charge in [-0.1, -0.05) is 0 Å². The minimum absolute atomic E-state index is 8.55. The fourth-order valence-corrected chi connectivity index (χ4v) is 0. The van der Waals surface area contributed by atoms with Gasteiger partial charge in [0.05, 0.1) is 0 Å². The summed E-state index contributed by atoms with van der Waals surface area (Å²) in [5.74, 6) is 0. The average Bonchev–Trinajstić information content (AvgIpc) is 1.02. The molecule has 0 fully saturated rings. The van der Waals surface area contributed by atoms with Gasteiger partial charge in [0.25, 0.3) is 0 Å². The second kappa shape index (κ2) is 2.83. The molecule has 0 saturated carbocycles. The Kier molecular flexibility index (Phi) is 3.47. The third-order valence-corrected chi connectivity index (χ3v) is 0. The molecule has 0 heterocycles. The number of rotatable bonds is 0. The van der Waals surface area contributed by atoms with Gasteiger partial charge in [0.1, 0.15) is 0 Å². The Balaban J connectivity index is 0. The van der Waals surface area contributed by atoms with Crippen molar-refractivity contribution < 1.29 is 42.0 Å². The fraction of sp³-hybridized carbons (Fsp3) is 0. The molecule has 0 aliphatic carbocycles. The molecular formula is F10P2. The van der Waals surface area contributed by atoms with E-state index in [1.54, 1.807) is 0 Å². The summed E-state index contributed by atoms with van der Waals surface area (Å²) in [7, 11) is -17.1. The standard InChI is InChI=1S/2F5P/c2*1-6(2,3,4)5. The van der Waals surface area contributed by atoms with E-state index in [1.807, 2.05) is 0 Å². The summed E-state index contributed by atoms with van der Waals surface area (Å²) in [5, 5.41) is 0. The summed E-state index contributed by atoms with van der Waals surface area (Å²) >= 11 is 0. The molecule has 0 aromatic heterocycles. The molecule has 0 atom stereocenters. The summed E-state index contributed by atoms with van der Waals surface area (Å²) in [6.07, 6.45) is 0. The van der Waals surface area contributed by atoms with Crippen molar-refractivity contribution in [3.63, 3.8) is 0 Å². The van der Waals surface area contributed by atoms with E-state index in [-0.39, 0.29) is 0 Å². The molecule has 0 aliphatic heterocycles. The maximum absolute atomic E-state index is 9.84. The van der Waals surface area contributed by atoms with Gasteiger partial charge in [-0.3, -0.25) is 0 Å². The number of hydrogen-bond acceptors (Lipinski definition) is 0. The van der Waals surface area contributed by atoms with E-state index in [2.05, 4.69) is 0 Å². The van der Waals surface area contributed by atoms with Crippen LogP contribution in [-0.4, -0.2) is 0 Å². The molecule has 0 aromatic rings. The van der Waals surface area contributed by atoms with Crippen molar-refractivity contribution in [1.29, 1.82) is 0 Å². The molecule has 0 rings (SSSR count). The minimum atomic E-state index is -8.55. The van der Waals surface area contributed by atoms with Gasteiger partial charge in [-0.15, -0.1) is 0 Å². The molecular weight excluding hydrogens is 252 g/mol. The summed E-state index contributed by atoms with van der Waals surface area (Å²) in [6.45, 7) is 0. The normalized spacial score (nSPS) is 19.2. The molecule has 0 radical (unpaired) electrons. The Hall–Kier alpha value is 0.160. The first kappa shape index (κ1) is 14.7. The first-order chi connectivity index (χ1) is 4.47. The molecule has 0 spiro atoms. The Morgan fingerprint density at radius 3 is 0.333 bits per heavy atom. The third kappa shape index (κ3) is 33300. The van der Waals surface area contributed by atoms with E-state index in [0.717, 1.165) is 0 Å². The number of hydrogen-bond donors (Lipinski definition) is 0. The zero-order valence-electron chi connectivity index (χ0n) is 4.67. The van der Waals surface area contributed by atoms with Gasteiger partial charge < -0.3 is 0 Å². The summed E-state index contributed by atoms with van der Waals surface area (Å²) in [6, 6.07) is 0. The Morgan fingerprint density at radius 1 is 0.333 bits per heavy atom. The van der Waals surface area contributed by atoms with E-state index < -0.39 is 16.3 Å². The van der Waals surface area contributed by atoms with Crippen LogP contribution in [0.25, 0.3) is 0 Å². The molecule has 0 saturated heterocycles. The van der Waals surface area contributed by atoms with E-state index >= 15 is 0 Å². The van der Waals surface area contributed by atoms with Crippen LogP contribution >= 0.6 is 16.3 Å². The predicted molar refractivity (Wildman–Crippen MR) is 24.9 cm³/mol. The Bertz CT molecular complexity index is 94.2. The molecule has 0 N–H and O–H groups in total. The van der Waals surface area contributed by atoms with Crippen LogP contribution in [0.5, 0.6) is 0 Å². The third-order valence-electron chi connectivity index (χ3n) is 0. The van der Waals surface area contributed by atoms with Crippen LogP contribution in [0.4, 0.5) is 42.0 Å². The molecule has 80 valence electrons. The second-order valence-electron chi connectivity index (χ2n) is 1.28. The quantitative estimate of drug-likeness (QED) is 0.370. The second-order valence-corrected chi connectivity index (χ2v) is 3.83. The van der Waals surface area contributed by atoms with Crippen LogP contribution < -0.4 is 0 Å². The van der Waals surface area contributed by atoms with Crippen LogP contribution in [0.1, 0.15) is 0 Å². The van der Waals surface area contributed by atoms with Crippen LogP contribution in [0.15, 0.2) is 0 Å². The monoisotopic (exact) mass is 252 g/mol. The van der Waals surface area contributed by atoms with Crippen molar-refractivity contribution in [2.75, 3.05) is 0 Å². The van der Waals surface area contributed by atoms with Crippen molar-refractivity contribution in [3.8, 4) is 0 Å². The van der Waals surface area contributed by atoms with Crippen molar-refractivity contribution in [3.05, 3.63) is 0 Å². The van der Waals surface area contributed by atoms with E-state index in [1.165, 1.54) is 0 Å². The number of halogens is 10. The Morgan fingerprint density at radius 2 is 0.333 bits per heavy atom. The summed E-state index contributed by atoms with van der Waals surface area (Å²) < 4.78 is 98.4. The summed E-state index contributed by atoms with van der Waals surface area (Å²) in [5.41, 5.74) is 0. The molecule has 12 heteroatoms. The molecule has 0 aliphatic rings. The molecule has 0 aromatic carbocycles. The van der Waals surface area contributed by atoms with Crippen molar-refractivity contribution in [2.24, 2.45) is 0 Å². The van der Waals surface area contributed by atoms with E-state index in [9.17, 15) is 42.0 Å². The molecule has 12 heavy (non-hydrogen) atoms. The topological polar surface area (TPSA) is 0 Å². The van der Waals surface area contributed by atoms with Crippen molar-refractivity contribution >= 4 is 16.3 Å². The maximum atomic E-state index is 9.84. The van der Waals surface area contributed by atoms with E-state index in [4.69, 9.17) is 0 Å². The van der Waals surface area contributed by atoms with Gasteiger partial charge in [-0.25, -0.2) is 0 Å². The molecule has 0 bridgehead atoms. The van der Waals surface area contributed by atoms with Gasteiger partial charge in [0.2, 0.25) is 0 Å². The van der Waals surface area contributed by atoms with Gasteiger partial charge in [-0.2, -0.15) is 0 Å².